The normalized spacial score (nSPS) is 9.11. The van der Waals surface area contributed by atoms with Crippen molar-refractivity contribution in [1.82, 2.24) is 0 Å². The third-order valence-corrected chi connectivity index (χ3v) is 0.992. The summed E-state index contributed by atoms with van der Waals surface area (Å²) >= 11 is 0. The van der Waals surface area contributed by atoms with Crippen LogP contribution in [0.15, 0.2) is 0 Å². The first-order chi connectivity index (χ1) is 4.27. The van der Waals surface area contributed by atoms with Crippen molar-refractivity contribution >= 4 is 5.97 Å². The molecule has 0 rings (SSSR count). The molecule has 2 nitrogen and oxygen atoms in total. The summed E-state index contributed by atoms with van der Waals surface area (Å²) in [6, 6.07) is 0. The molecule has 0 atom stereocenters. The smallest absolute Gasteiger partial charge is 0.310 e. The van der Waals surface area contributed by atoms with E-state index in [1.165, 1.54) is 0 Å². The quantitative estimate of drug-likeness (QED) is 0.423. The number of hydrogen-bond donors (Lipinski definition) is 0. The molecule has 0 aliphatic carbocycles. The fraction of sp³-hybridized carbons (Fsp3) is 0.714. The number of esters is 1. The fourth-order valence-corrected chi connectivity index (χ4v) is 0.525. The van der Waals surface area contributed by atoms with Gasteiger partial charge in [0.2, 0.25) is 0 Å². The molecule has 0 saturated heterocycles. The molecule has 0 N–H and O–H groups in total. The van der Waals surface area contributed by atoms with E-state index in [9.17, 15) is 4.79 Å². The summed E-state index contributed by atoms with van der Waals surface area (Å²) in [5, 5.41) is 0. The molecule has 2 radical (unpaired) electrons. The summed E-state index contributed by atoms with van der Waals surface area (Å²) in [7, 11) is 0. The van der Waals surface area contributed by atoms with Crippen LogP contribution in [0.4, 0.5) is 0 Å². The number of carbonyl (C=O) groups excluding carboxylic acids is 1. The predicted molar refractivity (Wildman–Crippen MR) is 34.8 cm³/mol. The van der Waals surface area contributed by atoms with Gasteiger partial charge in [0.15, 0.2) is 0 Å². The number of hydrogen-bond acceptors (Lipinski definition) is 2. The summed E-state index contributed by atoms with van der Waals surface area (Å²) in [6.45, 7) is 7.26. The van der Waals surface area contributed by atoms with Gasteiger partial charge in [-0.15, -0.1) is 0 Å². The average Bonchev–Trinajstić information content (AvgIpc) is 1.80. The molecule has 0 bridgehead atoms. The van der Waals surface area contributed by atoms with Crippen molar-refractivity contribution in [1.29, 1.82) is 0 Å². The molecular formula is C7H12O2. The van der Waals surface area contributed by atoms with Crippen molar-refractivity contribution in [3.05, 3.63) is 6.92 Å². The first-order valence-electron chi connectivity index (χ1n) is 3.19. The molecule has 0 saturated carbocycles. The average molecular weight is 128 g/mol. The molecule has 0 unspecified atom stereocenters. The predicted octanol–water partition coefficient (Wildman–Crippen LogP) is 1.43. The molecule has 0 aromatic rings. The second-order valence-electron chi connectivity index (χ2n) is 1.87. The summed E-state index contributed by atoms with van der Waals surface area (Å²) in [6.07, 6.45) is 3.13. The minimum absolute atomic E-state index is 0.461. The largest absolute Gasteiger partial charge is 0.465 e. The molecule has 0 aliphatic rings. The van der Waals surface area contributed by atoms with E-state index in [4.69, 9.17) is 6.92 Å². The zero-order valence-electron chi connectivity index (χ0n) is 5.72. The van der Waals surface area contributed by atoms with Crippen molar-refractivity contribution in [2.24, 2.45) is 0 Å². The minimum Gasteiger partial charge on any atom is -0.465 e. The van der Waals surface area contributed by atoms with Crippen LogP contribution in [0.1, 0.15) is 26.2 Å². The maximum absolute atomic E-state index is 9.96. The lowest BCUT2D eigenvalue weighted by Gasteiger charge is -1.97. The maximum atomic E-state index is 9.96. The Kier molecular flexibility index (Phi) is 5.27. The van der Waals surface area contributed by atoms with Crippen molar-refractivity contribution in [3.8, 4) is 0 Å². The van der Waals surface area contributed by atoms with E-state index in [2.05, 4.69) is 11.7 Å². The van der Waals surface area contributed by atoms with Gasteiger partial charge < -0.3 is 4.74 Å². The Bertz CT molecular complexity index is 79.0. The van der Waals surface area contributed by atoms with Gasteiger partial charge in [0, 0.05) is 0 Å². The summed E-state index contributed by atoms with van der Waals surface area (Å²) < 4.78 is 4.48. The van der Waals surface area contributed by atoms with Crippen LogP contribution >= 0.6 is 0 Å². The highest BCUT2D eigenvalue weighted by molar-refractivity contribution is 5.73. The lowest BCUT2D eigenvalue weighted by atomic mass is 10.3. The van der Waals surface area contributed by atoms with Crippen LogP contribution in [0, 0.1) is 6.92 Å². The van der Waals surface area contributed by atoms with Crippen LogP contribution in [0.2, 0.25) is 0 Å². The highest BCUT2D eigenvalue weighted by atomic mass is 16.5. The third-order valence-electron chi connectivity index (χ3n) is 0.992. The summed E-state index contributed by atoms with van der Waals surface area (Å²) in [4.78, 5) is 9.96. The first kappa shape index (κ1) is 8.47. The summed E-state index contributed by atoms with van der Waals surface area (Å²) in [5.41, 5.74) is 0. The zero-order valence-corrected chi connectivity index (χ0v) is 5.72. The molecule has 0 fully saturated rings. The second kappa shape index (κ2) is 5.60. The van der Waals surface area contributed by atoms with E-state index in [1.807, 2.05) is 0 Å². The lowest BCUT2D eigenvalue weighted by molar-refractivity contribution is -0.138. The van der Waals surface area contributed by atoms with E-state index in [0.29, 0.717) is 6.61 Å². The molecule has 0 aromatic heterocycles. The van der Waals surface area contributed by atoms with Gasteiger partial charge in [-0.05, 0) is 6.42 Å². The van der Waals surface area contributed by atoms with Crippen molar-refractivity contribution in [2.45, 2.75) is 26.2 Å². The van der Waals surface area contributed by atoms with Crippen molar-refractivity contribution in [2.75, 3.05) is 6.61 Å². The van der Waals surface area contributed by atoms with Crippen LogP contribution < -0.4 is 0 Å². The highest BCUT2D eigenvalue weighted by Crippen LogP contribution is 1.93. The topological polar surface area (TPSA) is 26.3 Å². The molecular weight excluding hydrogens is 116 g/mol. The van der Waals surface area contributed by atoms with Gasteiger partial charge >= 0.3 is 5.97 Å². The number of ether oxygens (including phenoxy) is 1. The molecule has 0 amide bonds. The van der Waals surface area contributed by atoms with Crippen LogP contribution in [-0.4, -0.2) is 12.6 Å². The molecule has 0 aliphatic heterocycles. The number of rotatable bonds is 4. The second-order valence-corrected chi connectivity index (χ2v) is 1.87. The Balaban J connectivity index is 2.83. The van der Waals surface area contributed by atoms with Gasteiger partial charge in [0.1, 0.15) is 0 Å². The van der Waals surface area contributed by atoms with Crippen LogP contribution in [-0.2, 0) is 9.53 Å². The molecule has 2 heteroatoms. The maximum Gasteiger partial charge on any atom is 0.310 e. The Morgan fingerprint density at radius 3 is 2.67 bits per heavy atom. The van der Waals surface area contributed by atoms with Crippen LogP contribution in [0.3, 0.4) is 0 Å². The molecule has 9 heavy (non-hydrogen) atoms. The Morgan fingerprint density at radius 2 is 2.22 bits per heavy atom. The Labute approximate surface area is 56.2 Å². The van der Waals surface area contributed by atoms with Crippen molar-refractivity contribution < 1.29 is 9.53 Å². The number of carbonyl (C=O) groups is 1. The van der Waals surface area contributed by atoms with Gasteiger partial charge in [-0.1, -0.05) is 19.8 Å². The molecule has 0 aromatic carbocycles. The Hall–Kier alpha value is -0.530. The third kappa shape index (κ3) is 7.47. The number of unbranched alkanes of at least 4 members (excludes halogenated alkanes) is 2. The van der Waals surface area contributed by atoms with Gasteiger partial charge in [-0.3, -0.25) is 4.79 Å². The molecule has 52 valence electrons. The van der Waals surface area contributed by atoms with E-state index in [1.54, 1.807) is 0 Å². The zero-order chi connectivity index (χ0) is 7.11. The minimum atomic E-state index is -0.675. The highest BCUT2D eigenvalue weighted by Gasteiger charge is 1.90. The van der Waals surface area contributed by atoms with E-state index in [-0.39, 0.29) is 0 Å². The fourth-order valence-electron chi connectivity index (χ4n) is 0.525. The lowest BCUT2D eigenvalue weighted by Crippen LogP contribution is -1.99. The van der Waals surface area contributed by atoms with E-state index in [0.717, 1.165) is 19.3 Å². The first-order valence-corrected chi connectivity index (χ1v) is 3.19. The summed E-state index contributed by atoms with van der Waals surface area (Å²) in [5.74, 6) is -0.675. The van der Waals surface area contributed by atoms with Gasteiger partial charge in [-0.25, -0.2) is 0 Å². The van der Waals surface area contributed by atoms with Crippen LogP contribution in [0.25, 0.3) is 0 Å². The molecule has 0 heterocycles. The Morgan fingerprint density at radius 1 is 1.56 bits per heavy atom. The van der Waals surface area contributed by atoms with Gasteiger partial charge in [0.05, 0.1) is 13.5 Å². The standard InChI is InChI=1S/C7H12O2/c1-3-4-5-6-9-7(2)8/h2H,3-6H2,1H3. The van der Waals surface area contributed by atoms with E-state index < -0.39 is 5.97 Å². The monoisotopic (exact) mass is 128 g/mol. The van der Waals surface area contributed by atoms with Crippen LogP contribution in [0.5, 0.6) is 0 Å². The van der Waals surface area contributed by atoms with Gasteiger partial charge in [0.25, 0.3) is 0 Å². The van der Waals surface area contributed by atoms with E-state index >= 15 is 0 Å². The van der Waals surface area contributed by atoms with Crippen molar-refractivity contribution in [3.63, 3.8) is 0 Å². The van der Waals surface area contributed by atoms with Gasteiger partial charge in [-0.2, -0.15) is 0 Å². The SMILES string of the molecule is [CH]C(=O)OCCCCC. The molecule has 0 spiro atoms.